The van der Waals surface area contributed by atoms with E-state index in [0.29, 0.717) is 12.3 Å². The summed E-state index contributed by atoms with van der Waals surface area (Å²) in [6.45, 7) is 2.08. The van der Waals surface area contributed by atoms with E-state index >= 15 is 0 Å². The fourth-order valence-electron chi connectivity index (χ4n) is 1.21. The molecule has 3 heteroatoms. The van der Waals surface area contributed by atoms with Crippen molar-refractivity contribution in [2.45, 2.75) is 25.7 Å². The molecule has 0 saturated carbocycles. The summed E-state index contributed by atoms with van der Waals surface area (Å²) in [4.78, 5) is 12.0. The summed E-state index contributed by atoms with van der Waals surface area (Å²) in [6.07, 6.45) is 1.44. The Morgan fingerprint density at radius 1 is 1.75 bits per heavy atom. The van der Waals surface area contributed by atoms with E-state index in [9.17, 15) is 4.79 Å². The van der Waals surface area contributed by atoms with Gasteiger partial charge in [-0.05, 0) is 17.9 Å². The summed E-state index contributed by atoms with van der Waals surface area (Å²) in [6, 6.07) is 4.06. The first-order chi connectivity index (χ1) is 5.74. The number of carbonyl (C=O) groups excluding carboxylic acids is 1. The Balaban J connectivity index is 2.63. The van der Waals surface area contributed by atoms with Crippen molar-refractivity contribution >= 4 is 17.2 Å². The monoisotopic (exact) mass is 183 g/mol. The average Bonchev–Trinajstić information content (AvgIpc) is 2.51. The molecule has 1 unspecified atom stereocenters. The van der Waals surface area contributed by atoms with E-state index in [2.05, 4.69) is 13.0 Å². The zero-order chi connectivity index (χ0) is 8.97. The third kappa shape index (κ3) is 2.34. The molecular weight excluding hydrogens is 170 g/mol. The van der Waals surface area contributed by atoms with E-state index in [-0.39, 0.29) is 5.91 Å². The van der Waals surface area contributed by atoms with Crippen molar-refractivity contribution in [3.8, 4) is 0 Å². The highest BCUT2D eigenvalue weighted by molar-refractivity contribution is 7.10. The second-order valence-electron chi connectivity index (χ2n) is 2.79. The number of primary amides is 1. The summed E-state index contributed by atoms with van der Waals surface area (Å²) >= 11 is 1.69. The van der Waals surface area contributed by atoms with Gasteiger partial charge < -0.3 is 5.73 Å². The molecule has 1 heterocycles. The quantitative estimate of drug-likeness (QED) is 0.763. The van der Waals surface area contributed by atoms with Crippen LogP contribution in [0.15, 0.2) is 17.5 Å². The Morgan fingerprint density at radius 3 is 2.92 bits per heavy atom. The van der Waals surface area contributed by atoms with Gasteiger partial charge in [-0.25, -0.2) is 0 Å². The number of hydrogen-bond acceptors (Lipinski definition) is 2. The summed E-state index contributed by atoms with van der Waals surface area (Å²) in [7, 11) is 0. The van der Waals surface area contributed by atoms with Gasteiger partial charge in [0, 0.05) is 17.2 Å². The molecule has 0 radical (unpaired) electrons. The van der Waals surface area contributed by atoms with Gasteiger partial charge in [0.15, 0.2) is 0 Å². The maximum Gasteiger partial charge on any atom is 0.218 e. The van der Waals surface area contributed by atoms with E-state index in [4.69, 9.17) is 5.73 Å². The molecule has 0 aliphatic carbocycles. The molecule has 1 aromatic rings. The van der Waals surface area contributed by atoms with Crippen LogP contribution in [0.3, 0.4) is 0 Å². The van der Waals surface area contributed by atoms with Crippen LogP contribution in [0.1, 0.15) is 30.6 Å². The average molecular weight is 183 g/mol. The van der Waals surface area contributed by atoms with Gasteiger partial charge in [0.25, 0.3) is 0 Å². The van der Waals surface area contributed by atoms with Crippen LogP contribution in [0.4, 0.5) is 0 Å². The second kappa shape index (κ2) is 4.26. The SMILES string of the molecule is CCC(CC(N)=O)c1cccs1. The van der Waals surface area contributed by atoms with Crippen LogP contribution < -0.4 is 5.73 Å². The van der Waals surface area contributed by atoms with Crippen LogP contribution in [-0.4, -0.2) is 5.91 Å². The molecule has 2 N–H and O–H groups in total. The number of nitrogens with two attached hydrogens (primary N) is 1. The first-order valence-corrected chi connectivity index (χ1v) is 4.93. The van der Waals surface area contributed by atoms with E-state index in [1.165, 1.54) is 4.88 Å². The van der Waals surface area contributed by atoms with Gasteiger partial charge >= 0.3 is 0 Å². The molecule has 1 aromatic heterocycles. The highest BCUT2D eigenvalue weighted by Crippen LogP contribution is 2.26. The zero-order valence-corrected chi connectivity index (χ0v) is 7.93. The lowest BCUT2D eigenvalue weighted by molar-refractivity contribution is -0.118. The van der Waals surface area contributed by atoms with Crippen LogP contribution in [0.2, 0.25) is 0 Å². The molecule has 1 amide bonds. The van der Waals surface area contributed by atoms with Crippen LogP contribution in [0.5, 0.6) is 0 Å². The number of rotatable bonds is 4. The smallest absolute Gasteiger partial charge is 0.218 e. The van der Waals surface area contributed by atoms with E-state index in [0.717, 1.165) is 6.42 Å². The number of amides is 1. The van der Waals surface area contributed by atoms with Crippen LogP contribution in [0.25, 0.3) is 0 Å². The van der Waals surface area contributed by atoms with Gasteiger partial charge in [-0.2, -0.15) is 0 Å². The summed E-state index contributed by atoms with van der Waals surface area (Å²) in [5, 5.41) is 2.03. The van der Waals surface area contributed by atoms with Gasteiger partial charge in [0.2, 0.25) is 5.91 Å². The molecule has 0 bridgehead atoms. The maximum absolute atomic E-state index is 10.7. The molecule has 1 rings (SSSR count). The Bertz CT molecular complexity index is 243. The van der Waals surface area contributed by atoms with Crippen molar-refractivity contribution < 1.29 is 4.79 Å². The Labute approximate surface area is 76.4 Å². The van der Waals surface area contributed by atoms with Gasteiger partial charge in [-0.15, -0.1) is 11.3 Å². The molecule has 0 fully saturated rings. The van der Waals surface area contributed by atoms with Gasteiger partial charge in [0.1, 0.15) is 0 Å². The van der Waals surface area contributed by atoms with Gasteiger partial charge in [-0.1, -0.05) is 13.0 Å². The molecule has 0 spiro atoms. The molecule has 0 saturated heterocycles. The van der Waals surface area contributed by atoms with Crippen LogP contribution >= 0.6 is 11.3 Å². The Kier molecular flexibility index (Phi) is 3.29. The Morgan fingerprint density at radius 2 is 2.50 bits per heavy atom. The summed E-state index contributed by atoms with van der Waals surface area (Å²) < 4.78 is 0. The molecule has 2 nitrogen and oxygen atoms in total. The molecular formula is C9H13NOS. The molecule has 0 aromatic carbocycles. The fourth-order valence-corrected chi connectivity index (χ4v) is 2.13. The maximum atomic E-state index is 10.7. The first kappa shape index (κ1) is 9.26. The van der Waals surface area contributed by atoms with Crippen molar-refractivity contribution in [3.63, 3.8) is 0 Å². The molecule has 1 atom stereocenters. The highest BCUT2D eigenvalue weighted by atomic mass is 32.1. The van der Waals surface area contributed by atoms with Crippen molar-refractivity contribution in [1.82, 2.24) is 0 Å². The predicted molar refractivity (Wildman–Crippen MR) is 51.2 cm³/mol. The molecule has 66 valence electrons. The lowest BCUT2D eigenvalue weighted by atomic mass is 10.0. The fraction of sp³-hybridized carbons (Fsp3) is 0.444. The molecule has 0 aliphatic heterocycles. The van der Waals surface area contributed by atoms with Crippen LogP contribution in [0, 0.1) is 0 Å². The minimum absolute atomic E-state index is 0.213. The standard InChI is InChI=1S/C9H13NOS/c1-2-7(6-9(10)11)8-4-3-5-12-8/h3-5,7H,2,6H2,1H3,(H2,10,11). The number of carbonyl (C=O) groups is 1. The minimum Gasteiger partial charge on any atom is -0.370 e. The lowest BCUT2D eigenvalue weighted by Crippen LogP contribution is -2.14. The van der Waals surface area contributed by atoms with Crippen molar-refractivity contribution in [2.75, 3.05) is 0 Å². The summed E-state index contributed by atoms with van der Waals surface area (Å²) in [5.41, 5.74) is 5.14. The third-order valence-corrected chi connectivity index (χ3v) is 2.92. The van der Waals surface area contributed by atoms with Crippen LogP contribution in [-0.2, 0) is 4.79 Å². The number of thiophene rings is 1. The highest BCUT2D eigenvalue weighted by Gasteiger charge is 2.12. The third-order valence-electron chi connectivity index (χ3n) is 1.89. The minimum atomic E-state index is -0.213. The largest absolute Gasteiger partial charge is 0.370 e. The van der Waals surface area contributed by atoms with E-state index in [1.54, 1.807) is 11.3 Å². The predicted octanol–water partition coefficient (Wildman–Crippen LogP) is 2.12. The topological polar surface area (TPSA) is 43.1 Å². The van der Waals surface area contributed by atoms with Gasteiger partial charge in [0.05, 0.1) is 0 Å². The molecule has 12 heavy (non-hydrogen) atoms. The lowest BCUT2D eigenvalue weighted by Gasteiger charge is -2.09. The van der Waals surface area contributed by atoms with E-state index in [1.807, 2.05) is 11.4 Å². The second-order valence-corrected chi connectivity index (χ2v) is 3.77. The summed E-state index contributed by atoms with van der Waals surface area (Å²) in [5.74, 6) is 0.109. The normalized spacial score (nSPS) is 12.8. The van der Waals surface area contributed by atoms with Crippen molar-refractivity contribution in [2.24, 2.45) is 5.73 Å². The zero-order valence-electron chi connectivity index (χ0n) is 7.12. The van der Waals surface area contributed by atoms with Crippen molar-refractivity contribution in [3.05, 3.63) is 22.4 Å². The Hall–Kier alpha value is -0.830. The van der Waals surface area contributed by atoms with Crippen molar-refractivity contribution in [1.29, 1.82) is 0 Å². The molecule has 0 aliphatic rings. The van der Waals surface area contributed by atoms with Gasteiger partial charge in [-0.3, -0.25) is 4.79 Å². The van der Waals surface area contributed by atoms with E-state index < -0.39 is 0 Å². The number of hydrogen-bond donors (Lipinski definition) is 1. The first-order valence-electron chi connectivity index (χ1n) is 4.05.